The molecule has 0 unspecified atom stereocenters. The Morgan fingerprint density at radius 1 is 1.33 bits per heavy atom. The van der Waals surface area contributed by atoms with Gasteiger partial charge in [0.05, 0.1) is 5.56 Å². The van der Waals surface area contributed by atoms with Crippen molar-refractivity contribution in [2.45, 2.75) is 27.2 Å². The first-order valence-electron chi connectivity index (χ1n) is 4.85. The minimum absolute atomic E-state index is 0.0851. The van der Waals surface area contributed by atoms with E-state index in [2.05, 4.69) is 0 Å². The maximum absolute atomic E-state index is 11.4. The van der Waals surface area contributed by atoms with Crippen molar-refractivity contribution >= 4 is 11.8 Å². The molecule has 1 N–H and O–H groups in total. The van der Waals surface area contributed by atoms with Gasteiger partial charge >= 0.3 is 5.97 Å². The summed E-state index contributed by atoms with van der Waals surface area (Å²) in [5, 5.41) is 8.87. The van der Waals surface area contributed by atoms with Gasteiger partial charge in [0.25, 0.3) is 0 Å². The summed E-state index contributed by atoms with van der Waals surface area (Å²) in [6.07, 6.45) is 0.737. The Hall–Kier alpha value is -1.64. The summed E-state index contributed by atoms with van der Waals surface area (Å²) in [6, 6.07) is 3.06. The molecule has 0 radical (unpaired) electrons. The molecule has 1 aromatic rings. The number of aryl methyl sites for hydroxylation is 1. The summed E-state index contributed by atoms with van der Waals surface area (Å²) in [5.74, 6) is -1.08. The van der Waals surface area contributed by atoms with Crippen LogP contribution in [0.15, 0.2) is 12.1 Å². The quantitative estimate of drug-likeness (QED) is 0.773. The normalized spacial score (nSPS) is 10.1. The maximum atomic E-state index is 11.4. The molecule has 1 rings (SSSR count). The Morgan fingerprint density at radius 2 is 1.93 bits per heavy atom. The van der Waals surface area contributed by atoms with Crippen molar-refractivity contribution in [1.29, 1.82) is 0 Å². The van der Waals surface area contributed by atoms with E-state index in [-0.39, 0.29) is 11.3 Å². The highest BCUT2D eigenvalue weighted by Gasteiger charge is 2.13. The van der Waals surface area contributed by atoms with Crippen LogP contribution in [0, 0.1) is 6.92 Å². The second-order valence-corrected chi connectivity index (χ2v) is 3.53. The van der Waals surface area contributed by atoms with E-state index in [0.717, 1.165) is 17.5 Å². The van der Waals surface area contributed by atoms with Crippen LogP contribution < -0.4 is 0 Å². The predicted molar refractivity (Wildman–Crippen MR) is 57.5 cm³/mol. The number of benzene rings is 1. The molecule has 0 atom stereocenters. The Labute approximate surface area is 88.7 Å². The molecule has 0 aliphatic rings. The Kier molecular flexibility index (Phi) is 3.24. The minimum Gasteiger partial charge on any atom is -0.478 e. The third-order valence-electron chi connectivity index (χ3n) is 2.45. The Morgan fingerprint density at radius 3 is 2.33 bits per heavy atom. The van der Waals surface area contributed by atoms with Crippen LogP contribution in [-0.4, -0.2) is 16.9 Å². The standard InChI is InChI=1S/C12H14O3/c1-4-10-7(2)5-9(12(14)15)6-11(10)8(3)13/h5-6H,4H2,1-3H3,(H,14,15). The van der Waals surface area contributed by atoms with Gasteiger partial charge in [0.15, 0.2) is 5.78 Å². The zero-order valence-electron chi connectivity index (χ0n) is 9.13. The molecule has 15 heavy (non-hydrogen) atoms. The van der Waals surface area contributed by atoms with Crippen LogP contribution in [0.4, 0.5) is 0 Å². The van der Waals surface area contributed by atoms with Gasteiger partial charge in [-0.25, -0.2) is 4.79 Å². The van der Waals surface area contributed by atoms with Gasteiger partial charge in [-0.1, -0.05) is 6.92 Å². The number of carboxylic acids is 1. The number of carbonyl (C=O) groups is 2. The first-order valence-corrected chi connectivity index (χ1v) is 4.85. The van der Waals surface area contributed by atoms with E-state index < -0.39 is 5.97 Å². The zero-order chi connectivity index (χ0) is 11.6. The molecule has 0 aliphatic carbocycles. The van der Waals surface area contributed by atoms with E-state index in [4.69, 9.17) is 5.11 Å². The lowest BCUT2D eigenvalue weighted by molar-refractivity contribution is 0.0696. The van der Waals surface area contributed by atoms with Crippen molar-refractivity contribution in [2.24, 2.45) is 0 Å². The van der Waals surface area contributed by atoms with Crippen LogP contribution in [0.5, 0.6) is 0 Å². The summed E-state index contributed by atoms with van der Waals surface area (Å²) >= 11 is 0. The first kappa shape index (κ1) is 11.4. The number of ketones is 1. The van der Waals surface area contributed by atoms with Crippen molar-refractivity contribution in [2.75, 3.05) is 0 Å². The van der Waals surface area contributed by atoms with Crippen LogP contribution in [0.2, 0.25) is 0 Å². The van der Waals surface area contributed by atoms with E-state index >= 15 is 0 Å². The largest absolute Gasteiger partial charge is 0.478 e. The number of hydrogen-bond acceptors (Lipinski definition) is 2. The molecule has 0 saturated carbocycles. The number of carboxylic acid groups (broad SMARTS) is 1. The topological polar surface area (TPSA) is 54.4 Å². The lowest BCUT2D eigenvalue weighted by Crippen LogP contribution is -2.06. The van der Waals surface area contributed by atoms with Crippen LogP contribution in [0.25, 0.3) is 0 Å². The van der Waals surface area contributed by atoms with Gasteiger partial charge in [0.1, 0.15) is 0 Å². The van der Waals surface area contributed by atoms with E-state index in [0.29, 0.717) is 5.56 Å². The molecule has 0 spiro atoms. The molecule has 0 amide bonds. The number of rotatable bonds is 3. The second-order valence-electron chi connectivity index (χ2n) is 3.53. The fourth-order valence-corrected chi connectivity index (χ4v) is 1.72. The molecular weight excluding hydrogens is 192 g/mol. The smallest absolute Gasteiger partial charge is 0.335 e. The molecule has 0 bridgehead atoms. The van der Waals surface area contributed by atoms with Gasteiger partial charge in [0, 0.05) is 5.56 Å². The Balaban J connectivity index is 3.45. The highest BCUT2D eigenvalue weighted by Crippen LogP contribution is 2.18. The number of carbonyl (C=O) groups excluding carboxylic acids is 1. The third kappa shape index (κ3) is 2.24. The van der Waals surface area contributed by atoms with E-state index in [1.807, 2.05) is 13.8 Å². The summed E-state index contributed by atoms with van der Waals surface area (Å²) in [4.78, 5) is 22.2. The molecule has 0 fully saturated rings. The monoisotopic (exact) mass is 206 g/mol. The van der Waals surface area contributed by atoms with Gasteiger partial charge in [0.2, 0.25) is 0 Å². The zero-order valence-corrected chi connectivity index (χ0v) is 9.13. The van der Waals surface area contributed by atoms with E-state index in [1.54, 1.807) is 6.07 Å². The first-order chi connectivity index (χ1) is 6.97. The Bertz CT molecular complexity index is 419. The summed E-state index contributed by atoms with van der Waals surface area (Å²) < 4.78 is 0. The van der Waals surface area contributed by atoms with E-state index in [9.17, 15) is 9.59 Å². The molecule has 0 aromatic heterocycles. The molecule has 0 heterocycles. The fraction of sp³-hybridized carbons (Fsp3) is 0.333. The molecule has 0 aliphatic heterocycles. The van der Waals surface area contributed by atoms with Crippen LogP contribution in [0.3, 0.4) is 0 Å². The van der Waals surface area contributed by atoms with Crippen molar-refractivity contribution in [3.8, 4) is 0 Å². The van der Waals surface area contributed by atoms with Crippen molar-refractivity contribution in [3.63, 3.8) is 0 Å². The predicted octanol–water partition coefficient (Wildman–Crippen LogP) is 2.46. The average Bonchev–Trinajstić information content (AvgIpc) is 2.16. The highest BCUT2D eigenvalue weighted by molar-refractivity contribution is 5.99. The SMILES string of the molecule is CCc1c(C)cc(C(=O)O)cc1C(C)=O. The van der Waals surface area contributed by atoms with Crippen LogP contribution in [-0.2, 0) is 6.42 Å². The van der Waals surface area contributed by atoms with Crippen molar-refractivity contribution in [1.82, 2.24) is 0 Å². The summed E-state index contributed by atoms with van der Waals surface area (Å²) in [7, 11) is 0. The third-order valence-corrected chi connectivity index (χ3v) is 2.45. The molecular formula is C12H14O3. The molecule has 3 heteroatoms. The maximum Gasteiger partial charge on any atom is 0.335 e. The van der Waals surface area contributed by atoms with Gasteiger partial charge in [-0.05, 0) is 43.5 Å². The van der Waals surface area contributed by atoms with Crippen LogP contribution in [0.1, 0.15) is 45.7 Å². The molecule has 3 nitrogen and oxygen atoms in total. The van der Waals surface area contributed by atoms with Crippen molar-refractivity contribution in [3.05, 3.63) is 34.4 Å². The van der Waals surface area contributed by atoms with Crippen LogP contribution >= 0.6 is 0 Å². The van der Waals surface area contributed by atoms with Gasteiger partial charge in [-0.3, -0.25) is 4.79 Å². The minimum atomic E-state index is -0.997. The number of hydrogen-bond donors (Lipinski definition) is 1. The lowest BCUT2D eigenvalue weighted by Gasteiger charge is -2.09. The van der Waals surface area contributed by atoms with Crippen molar-refractivity contribution < 1.29 is 14.7 Å². The van der Waals surface area contributed by atoms with E-state index in [1.165, 1.54) is 13.0 Å². The number of Topliss-reactive ketones (excluding diaryl/α,β-unsaturated/α-hetero) is 1. The van der Waals surface area contributed by atoms with Gasteiger partial charge in [-0.2, -0.15) is 0 Å². The highest BCUT2D eigenvalue weighted by atomic mass is 16.4. The molecule has 0 saturated heterocycles. The van der Waals surface area contributed by atoms with Gasteiger partial charge < -0.3 is 5.11 Å². The molecule has 1 aromatic carbocycles. The lowest BCUT2D eigenvalue weighted by atomic mass is 9.94. The summed E-state index contributed by atoms with van der Waals surface area (Å²) in [5.41, 5.74) is 2.50. The molecule has 80 valence electrons. The average molecular weight is 206 g/mol. The van der Waals surface area contributed by atoms with Gasteiger partial charge in [-0.15, -0.1) is 0 Å². The fourth-order valence-electron chi connectivity index (χ4n) is 1.72. The second kappa shape index (κ2) is 4.26. The summed E-state index contributed by atoms with van der Waals surface area (Å²) in [6.45, 7) is 5.24. The number of aromatic carboxylic acids is 1.